The second-order valence-electron chi connectivity index (χ2n) is 5.29. The number of amides is 1. The van der Waals surface area contributed by atoms with Crippen LogP contribution in [0.1, 0.15) is 18.5 Å². The fraction of sp³-hybridized carbons (Fsp3) is 0.188. The quantitative estimate of drug-likeness (QED) is 0.506. The summed E-state index contributed by atoms with van der Waals surface area (Å²) in [6.07, 6.45) is 1.53. The van der Waals surface area contributed by atoms with E-state index in [2.05, 4.69) is 15.5 Å². The first-order valence-electron chi connectivity index (χ1n) is 7.46. The Hall–Kier alpha value is -2.45. The molecule has 2 heterocycles. The minimum atomic E-state index is -0.152. The first kappa shape index (κ1) is 17.4. The lowest BCUT2D eigenvalue weighted by Crippen LogP contribution is -2.28. The number of thioether (sulfide) groups is 1. The zero-order chi connectivity index (χ0) is 17.8. The van der Waals surface area contributed by atoms with E-state index in [1.54, 1.807) is 18.2 Å². The van der Waals surface area contributed by atoms with Gasteiger partial charge in [-0.1, -0.05) is 35.5 Å². The Labute approximate surface area is 153 Å². The number of carbonyl (C=O) groups excluding carboxylic acids is 1. The van der Waals surface area contributed by atoms with E-state index in [1.165, 1.54) is 22.7 Å². The lowest BCUT2D eigenvalue weighted by Gasteiger charge is -2.14. The average molecular weight is 378 g/mol. The number of nitrogens with two attached hydrogens (primary N) is 1. The maximum absolute atomic E-state index is 12.2. The molecule has 1 amide bonds. The van der Waals surface area contributed by atoms with Crippen LogP contribution in [-0.4, -0.2) is 26.5 Å². The van der Waals surface area contributed by atoms with Crippen molar-refractivity contribution in [2.24, 2.45) is 0 Å². The summed E-state index contributed by atoms with van der Waals surface area (Å²) in [6.45, 7) is 1.90. The molecule has 0 bridgehead atoms. The van der Waals surface area contributed by atoms with Crippen molar-refractivity contribution in [3.63, 3.8) is 0 Å². The van der Waals surface area contributed by atoms with E-state index in [9.17, 15) is 4.79 Å². The van der Waals surface area contributed by atoms with Crippen LogP contribution in [0, 0.1) is 0 Å². The fourth-order valence-corrected chi connectivity index (χ4v) is 3.09. The van der Waals surface area contributed by atoms with E-state index in [1.807, 2.05) is 25.1 Å². The van der Waals surface area contributed by atoms with E-state index in [-0.39, 0.29) is 17.7 Å². The van der Waals surface area contributed by atoms with Crippen LogP contribution < -0.4 is 11.2 Å². The third kappa shape index (κ3) is 4.15. The molecular formula is C16H16ClN5O2S. The highest BCUT2D eigenvalue weighted by Gasteiger charge is 2.16. The van der Waals surface area contributed by atoms with E-state index < -0.39 is 0 Å². The molecule has 1 atom stereocenters. The third-order valence-electron chi connectivity index (χ3n) is 3.46. The van der Waals surface area contributed by atoms with Crippen LogP contribution in [-0.2, 0) is 4.79 Å². The first-order valence-corrected chi connectivity index (χ1v) is 8.83. The number of nitrogens with zero attached hydrogens (tertiary/aromatic N) is 3. The number of aromatic nitrogens is 3. The second kappa shape index (κ2) is 7.62. The normalized spacial score (nSPS) is 12.1. The van der Waals surface area contributed by atoms with Crippen molar-refractivity contribution in [2.75, 3.05) is 11.6 Å². The van der Waals surface area contributed by atoms with Gasteiger partial charge in [0.15, 0.2) is 5.76 Å². The predicted molar refractivity (Wildman–Crippen MR) is 96.6 cm³/mol. The van der Waals surface area contributed by atoms with Gasteiger partial charge in [-0.05, 0) is 36.8 Å². The lowest BCUT2D eigenvalue weighted by atomic mass is 10.1. The molecule has 3 rings (SSSR count). The summed E-state index contributed by atoms with van der Waals surface area (Å²) in [5.74, 6) is 6.90. The number of benzene rings is 1. The van der Waals surface area contributed by atoms with Gasteiger partial charge < -0.3 is 15.6 Å². The number of nitrogen functional groups attached to an aromatic ring is 1. The van der Waals surface area contributed by atoms with Crippen LogP contribution in [0.25, 0.3) is 11.6 Å². The minimum absolute atomic E-state index is 0.139. The zero-order valence-corrected chi connectivity index (χ0v) is 14.9. The standard InChI is InChI=1S/C16H16ClN5O2S/c1-10(11-4-2-5-12(17)8-11)19-14(23)9-25-16-21-20-15(22(16)18)13-6-3-7-24-13/h2-8,10H,9,18H2,1H3,(H,19,23)/t10-/m0/s1. The van der Waals surface area contributed by atoms with Crippen LogP contribution in [0.3, 0.4) is 0 Å². The van der Waals surface area contributed by atoms with E-state index in [4.69, 9.17) is 21.9 Å². The molecule has 0 saturated heterocycles. The smallest absolute Gasteiger partial charge is 0.230 e. The van der Waals surface area contributed by atoms with Crippen molar-refractivity contribution in [1.29, 1.82) is 0 Å². The Morgan fingerprint density at radius 1 is 1.40 bits per heavy atom. The molecule has 3 aromatic rings. The third-order valence-corrected chi connectivity index (χ3v) is 4.64. The highest BCUT2D eigenvalue weighted by atomic mass is 35.5. The van der Waals surface area contributed by atoms with Gasteiger partial charge in [0.25, 0.3) is 0 Å². The maximum Gasteiger partial charge on any atom is 0.230 e. The molecule has 1 aromatic carbocycles. The predicted octanol–water partition coefficient (Wildman–Crippen LogP) is 2.87. The molecule has 0 radical (unpaired) electrons. The molecule has 7 nitrogen and oxygen atoms in total. The molecule has 0 aliphatic rings. The van der Waals surface area contributed by atoms with Crippen molar-refractivity contribution in [2.45, 2.75) is 18.1 Å². The summed E-state index contributed by atoms with van der Waals surface area (Å²) in [6, 6.07) is 10.7. The molecule has 0 aliphatic carbocycles. The Bertz CT molecular complexity index is 865. The van der Waals surface area contributed by atoms with Gasteiger partial charge in [0.1, 0.15) is 0 Å². The van der Waals surface area contributed by atoms with Crippen LogP contribution in [0.4, 0.5) is 0 Å². The van der Waals surface area contributed by atoms with E-state index in [0.29, 0.717) is 21.8 Å². The van der Waals surface area contributed by atoms with Crippen molar-refractivity contribution < 1.29 is 9.21 Å². The second-order valence-corrected chi connectivity index (χ2v) is 6.67. The van der Waals surface area contributed by atoms with Gasteiger partial charge in [-0.3, -0.25) is 4.79 Å². The summed E-state index contributed by atoms with van der Waals surface area (Å²) in [7, 11) is 0. The molecular weight excluding hydrogens is 362 g/mol. The number of furan rings is 1. The monoisotopic (exact) mass is 377 g/mol. The largest absolute Gasteiger partial charge is 0.461 e. The number of hydrogen-bond acceptors (Lipinski definition) is 6. The Morgan fingerprint density at radius 3 is 2.96 bits per heavy atom. The summed E-state index contributed by atoms with van der Waals surface area (Å²) < 4.78 is 6.55. The fourth-order valence-electron chi connectivity index (χ4n) is 2.22. The van der Waals surface area contributed by atoms with Crippen LogP contribution in [0.15, 0.2) is 52.2 Å². The molecule has 3 N–H and O–H groups in total. The van der Waals surface area contributed by atoms with Gasteiger partial charge >= 0.3 is 0 Å². The number of carbonyl (C=O) groups is 1. The molecule has 9 heteroatoms. The van der Waals surface area contributed by atoms with E-state index in [0.717, 1.165) is 5.56 Å². The van der Waals surface area contributed by atoms with Gasteiger partial charge in [0.05, 0.1) is 18.1 Å². The molecule has 0 unspecified atom stereocenters. The molecule has 0 aliphatic heterocycles. The summed E-state index contributed by atoms with van der Waals surface area (Å²) in [5.41, 5.74) is 0.938. The average Bonchev–Trinajstić information content (AvgIpc) is 3.22. The Morgan fingerprint density at radius 2 is 2.24 bits per heavy atom. The highest BCUT2D eigenvalue weighted by molar-refractivity contribution is 7.99. The van der Waals surface area contributed by atoms with Crippen molar-refractivity contribution in [3.8, 4) is 11.6 Å². The van der Waals surface area contributed by atoms with Gasteiger partial charge in [0, 0.05) is 5.02 Å². The summed E-state index contributed by atoms with van der Waals surface area (Å²) in [5, 5.41) is 11.9. The first-order chi connectivity index (χ1) is 12.0. The molecule has 0 fully saturated rings. The van der Waals surface area contributed by atoms with Gasteiger partial charge in [-0.2, -0.15) is 0 Å². The molecule has 130 valence electrons. The molecule has 2 aromatic heterocycles. The van der Waals surface area contributed by atoms with E-state index >= 15 is 0 Å². The summed E-state index contributed by atoms with van der Waals surface area (Å²) in [4.78, 5) is 12.2. The SMILES string of the molecule is C[C@H](NC(=O)CSc1nnc(-c2ccco2)n1N)c1cccc(Cl)c1. The topological polar surface area (TPSA) is 99.0 Å². The van der Waals surface area contributed by atoms with Crippen molar-refractivity contribution >= 4 is 29.3 Å². The number of hydrogen-bond donors (Lipinski definition) is 2. The van der Waals surface area contributed by atoms with Crippen molar-refractivity contribution in [3.05, 3.63) is 53.2 Å². The van der Waals surface area contributed by atoms with Crippen LogP contribution in [0.2, 0.25) is 5.02 Å². The highest BCUT2D eigenvalue weighted by Crippen LogP contribution is 2.22. The Kier molecular flexibility index (Phi) is 5.30. The van der Waals surface area contributed by atoms with Crippen LogP contribution in [0.5, 0.6) is 0 Å². The number of nitrogens with one attached hydrogen (secondary N) is 1. The minimum Gasteiger partial charge on any atom is -0.461 e. The maximum atomic E-state index is 12.2. The summed E-state index contributed by atoms with van der Waals surface area (Å²) >= 11 is 7.17. The van der Waals surface area contributed by atoms with Crippen molar-refractivity contribution in [1.82, 2.24) is 20.2 Å². The lowest BCUT2D eigenvalue weighted by molar-refractivity contribution is -0.119. The Balaban J connectivity index is 1.58. The number of halogens is 1. The number of rotatable bonds is 6. The molecule has 0 saturated carbocycles. The molecule has 0 spiro atoms. The van der Waals surface area contributed by atoms with Crippen LogP contribution >= 0.6 is 23.4 Å². The van der Waals surface area contributed by atoms with Gasteiger partial charge in [0.2, 0.25) is 16.9 Å². The molecule has 25 heavy (non-hydrogen) atoms. The van der Waals surface area contributed by atoms with Gasteiger partial charge in [-0.25, -0.2) is 4.68 Å². The zero-order valence-electron chi connectivity index (χ0n) is 13.3. The van der Waals surface area contributed by atoms with Gasteiger partial charge in [-0.15, -0.1) is 10.2 Å².